The maximum atomic E-state index is 11.7. The van der Waals surface area contributed by atoms with Crippen LogP contribution in [-0.4, -0.2) is 49.3 Å². The van der Waals surface area contributed by atoms with E-state index in [1.165, 1.54) is 19.3 Å². The van der Waals surface area contributed by atoms with E-state index in [9.17, 15) is 8.42 Å². The topological polar surface area (TPSA) is 37.4 Å². The lowest BCUT2D eigenvalue weighted by Crippen LogP contribution is -2.42. The zero-order chi connectivity index (χ0) is 12.7. The minimum absolute atomic E-state index is 0.333. The van der Waals surface area contributed by atoms with E-state index in [4.69, 9.17) is 0 Å². The van der Waals surface area contributed by atoms with Crippen molar-refractivity contribution in [3.05, 3.63) is 0 Å². The van der Waals surface area contributed by atoms with Crippen molar-refractivity contribution >= 4 is 25.8 Å². The van der Waals surface area contributed by atoms with Gasteiger partial charge in [0.2, 0.25) is 0 Å². The normalized spacial score (nSPS) is 22.8. The Labute approximate surface area is 114 Å². The predicted octanol–water partition coefficient (Wildman–Crippen LogP) is 2.45. The van der Waals surface area contributed by atoms with E-state index in [-0.39, 0.29) is 0 Å². The van der Waals surface area contributed by atoms with Crippen molar-refractivity contribution in [2.75, 3.05) is 29.9 Å². The van der Waals surface area contributed by atoms with Crippen LogP contribution in [-0.2, 0) is 9.84 Å². The summed E-state index contributed by atoms with van der Waals surface area (Å²) < 4.78 is 23.4. The van der Waals surface area contributed by atoms with Crippen molar-refractivity contribution in [1.82, 2.24) is 4.90 Å². The Kier molecular flexibility index (Phi) is 7.04. The average molecular weight is 326 g/mol. The van der Waals surface area contributed by atoms with Gasteiger partial charge in [0.25, 0.3) is 0 Å². The molecule has 0 aliphatic carbocycles. The SMILES string of the molecule is CCCS(=O)(=O)CCN1CCCCC1CCBr. The van der Waals surface area contributed by atoms with Crippen molar-refractivity contribution in [2.45, 2.75) is 45.1 Å². The van der Waals surface area contributed by atoms with E-state index in [1.54, 1.807) is 0 Å². The summed E-state index contributed by atoms with van der Waals surface area (Å²) >= 11 is 3.48. The van der Waals surface area contributed by atoms with Crippen LogP contribution in [0, 0.1) is 0 Å². The molecule has 1 heterocycles. The number of nitrogens with zero attached hydrogens (tertiary/aromatic N) is 1. The molecule has 5 heteroatoms. The van der Waals surface area contributed by atoms with Crippen LogP contribution in [0.2, 0.25) is 0 Å². The Morgan fingerprint density at radius 1 is 1.29 bits per heavy atom. The van der Waals surface area contributed by atoms with Gasteiger partial charge in [-0.2, -0.15) is 0 Å². The lowest BCUT2D eigenvalue weighted by atomic mass is 10.0. The molecule has 0 aromatic heterocycles. The first kappa shape index (κ1) is 15.4. The van der Waals surface area contributed by atoms with Crippen molar-refractivity contribution in [2.24, 2.45) is 0 Å². The fourth-order valence-corrected chi connectivity index (χ4v) is 4.34. The second kappa shape index (κ2) is 7.74. The van der Waals surface area contributed by atoms with Gasteiger partial charge in [-0.25, -0.2) is 8.42 Å². The summed E-state index contributed by atoms with van der Waals surface area (Å²) in [6, 6.07) is 0.583. The molecule has 1 aliphatic rings. The van der Waals surface area contributed by atoms with Gasteiger partial charge in [-0.3, -0.25) is 4.90 Å². The van der Waals surface area contributed by atoms with E-state index in [2.05, 4.69) is 20.8 Å². The van der Waals surface area contributed by atoms with Crippen LogP contribution in [0.5, 0.6) is 0 Å². The lowest BCUT2D eigenvalue weighted by molar-refractivity contribution is 0.154. The van der Waals surface area contributed by atoms with Gasteiger partial charge >= 0.3 is 0 Å². The molecule has 1 rings (SSSR count). The molecule has 1 aliphatic heterocycles. The smallest absolute Gasteiger partial charge is 0.151 e. The highest BCUT2D eigenvalue weighted by molar-refractivity contribution is 9.09. The number of alkyl halides is 1. The number of piperidine rings is 1. The molecule has 1 unspecified atom stereocenters. The van der Waals surface area contributed by atoms with Gasteiger partial charge in [-0.1, -0.05) is 29.3 Å². The molecule has 0 aromatic carbocycles. The average Bonchev–Trinajstić information content (AvgIpc) is 2.28. The molecule has 102 valence electrons. The van der Waals surface area contributed by atoms with Crippen LogP contribution in [0.25, 0.3) is 0 Å². The second-order valence-electron chi connectivity index (χ2n) is 4.82. The number of rotatable bonds is 7. The first-order chi connectivity index (χ1) is 8.09. The number of halogens is 1. The Bertz CT molecular complexity index is 304. The molecule has 17 heavy (non-hydrogen) atoms. The summed E-state index contributed by atoms with van der Waals surface area (Å²) in [4.78, 5) is 2.37. The van der Waals surface area contributed by atoms with Crippen molar-refractivity contribution in [3.63, 3.8) is 0 Å². The molecule has 1 saturated heterocycles. The van der Waals surface area contributed by atoms with Crippen LogP contribution in [0.4, 0.5) is 0 Å². The van der Waals surface area contributed by atoms with E-state index in [0.717, 1.165) is 31.3 Å². The second-order valence-corrected chi connectivity index (χ2v) is 7.91. The highest BCUT2D eigenvalue weighted by Crippen LogP contribution is 2.20. The first-order valence-corrected chi connectivity index (χ1v) is 9.54. The number of hydrogen-bond donors (Lipinski definition) is 0. The standard InChI is InChI=1S/C12H24BrNO2S/c1-2-10-17(15,16)11-9-14-8-4-3-5-12(14)6-7-13/h12H,2-11H2,1H3. The fourth-order valence-electron chi connectivity index (χ4n) is 2.48. The summed E-state index contributed by atoms with van der Waals surface area (Å²) in [6.45, 7) is 3.71. The quantitative estimate of drug-likeness (QED) is 0.675. The molecule has 0 radical (unpaired) electrons. The van der Waals surface area contributed by atoms with Crippen LogP contribution in [0.3, 0.4) is 0 Å². The largest absolute Gasteiger partial charge is 0.299 e. The van der Waals surface area contributed by atoms with E-state index in [0.29, 0.717) is 17.5 Å². The highest BCUT2D eigenvalue weighted by atomic mass is 79.9. The summed E-state index contributed by atoms with van der Waals surface area (Å²) in [5.41, 5.74) is 0. The minimum Gasteiger partial charge on any atom is -0.299 e. The van der Waals surface area contributed by atoms with Crippen LogP contribution in [0.15, 0.2) is 0 Å². The zero-order valence-electron chi connectivity index (χ0n) is 10.7. The summed E-state index contributed by atoms with van der Waals surface area (Å²) in [5.74, 6) is 0.670. The Hall–Kier alpha value is 0.390. The fraction of sp³-hybridized carbons (Fsp3) is 1.00. The van der Waals surface area contributed by atoms with Gasteiger partial charge in [0, 0.05) is 23.7 Å². The summed E-state index contributed by atoms with van der Waals surface area (Å²) in [6.07, 6.45) is 5.59. The molecule has 0 spiro atoms. The molecule has 0 N–H and O–H groups in total. The summed E-state index contributed by atoms with van der Waals surface area (Å²) in [5, 5.41) is 1.01. The first-order valence-electron chi connectivity index (χ1n) is 6.59. The molecule has 3 nitrogen and oxygen atoms in total. The van der Waals surface area contributed by atoms with Gasteiger partial charge in [-0.05, 0) is 32.2 Å². The lowest BCUT2D eigenvalue weighted by Gasteiger charge is -2.35. The molecule has 1 atom stereocenters. The Morgan fingerprint density at radius 2 is 2.06 bits per heavy atom. The van der Waals surface area contributed by atoms with Crippen LogP contribution in [0.1, 0.15) is 39.0 Å². The zero-order valence-corrected chi connectivity index (χ0v) is 13.1. The van der Waals surface area contributed by atoms with Gasteiger partial charge in [0.1, 0.15) is 0 Å². The third-order valence-electron chi connectivity index (χ3n) is 3.40. The van der Waals surface area contributed by atoms with Gasteiger partial charge in [0.05, 0.1) is 5.75 Å². The minimum atomic E-state index is -2.82. The highest BCUT2D eigenvalue weighted by Gasteiger charge is 2.23. The molecular formula is C12H24BrNO2S. The van der Waals surface area contributed by atoms with E-state index < -0.39 is 9.84 Å². The molecule has 0 amide bonds. The molecular weight excluding hydrogens is 302 g/mol. The van der Waals surface area contributed by atoms with Gasteiger partial charge in [-0.15, -0.1) is 0 Å². The monoisotopic (exact) mass is 325 g/mol. The third-order valence-corrected chi connectivity index (χ3v) is 5.69. The predicted molar refractivity (Wildman–Crippen MR) is 76.6 cm³/mol. The maximum Gasteiger partial charge on any atom is 0.151 e. The Morgan fingerprint density at radius 3 is 2.71 bits per heavy atom. The third kappa shape index (κ3) is 5.71. The molecule has 0 saturated carbocycles. The Balaban J connectivity index is 2.42. The number of likely N-dealkylation sites (tertiary alicyclic amines) is 1. The van der Waals surface area contributed by atoms with Gasteiger partial charge < -0.3 is 0 Å². The van der Waals surface area contributed by atoms with E-state index in [1.807, 2.05) is 6.92 Å². The molecule has 0 aromatic rings. The van der Waals surface area contributed by atoms with Crippen LogP contribution < -0.4 is 0 Å². The molecule has 1 fully saturated rings. The number of hydrogen-bond acceptors (Lipinski definition) is 3. The van der Waals surface area contributed by atoms with Crippen molar-refractivity contribution < 1.29 is 8.42 Å². The van der Waals surface area contributed by atoms with E-state index >= 15 is 0 Å². The van der Waals surface area contributed by atoms with Crippen molar-refractivity contribution in [3.8, 4) is 0 Å². The molecule has 0 bridgehead atoms. The van der Waals surface area contributed by atoms with Crippen molar-refractivity contribution in [1.29, 1.82) is 0 Å². The number of sulfone groups is 1. The maximum absolute atomic E-state index is 11.7. The summed E-state index contributed by atoms with van der Waals surface area (Å²) in [7, 11) is -2.82. The van der Waals surface area contributed by atoms with Gasteiger partial charge in [0.15, 0.2) is 9.84 Å². The van der Waals surface area contributed by atoms with Crippen LogP contribution >= 0.6 is 15.9 Å².